The SMILES string of the molecule is CCOC(=O)C(N)CSCCOC(F)(F)F. The molecular weight excluding hydrogens is 247 g/mol. The fourth-order valence-corrected chi connectivity index (χ4v) is 1.50. The van der Waals surface area contributed by atoms with Crippen LogP contribution in [0.15, 0.2) is 0 Å². The molecule has 0 aromatic heterocycles. The first-order chi connectivity index (χ1) is 7.37. The van der Waals surface area contributed by atoms with Crippen molar-refractivity contribution in [3.8, 4) is 0 Å². The van der Waals surface area contributed by atoms with E-state index in [2.05, 4.69) is 9.47 Å². The quantitative estimate of drug-likeness (QED) is 0.550. The summed E-state index contributed by atoms with van der Waals surface area (Å²) in [5, 5.41) is 0. The van der Waals surface area contributed by atoms with Crippen molar-refractivity contribution in [3.63, 3.8) is 0 Å². The van der Waals surface area contributed by atoms with E-state index < -0.39 is 25.0 Å². The monoisotopic (exact) mass is 261 g/mol. The number of halogens is 3. The van der Waals surface area contributed by atoms with Crippen molar-refractivity contribution in [3.05, 3.63) is 0 Å². The normalized spacial score (nSPS) is 13.6. The van der Waals surface area contributed by atoms with Gasteiger partial charge in [-0.2, -0.15) is 11.8 Å². The number of carbonyl (C=O) groups excluding carboxylic acids is 1. The highest BCUT2D eigenvalue weighted by Crippen LogP contribution is 2.16. The molecule has 0 fully saturated rings. The highest BCUT2D eigenvalue weighted by atomic mass is 32.2. The number of ether oxygens (including phenoxy) is 2. The number of hydrogen-bond acceptors (Lipinski definition) is 5. The number of hydrogen-bond donors (Lipinski definition) is 1. The van der Waals surface area contributed by atoms with Crippen molar-refractivity contribution in [2.45, 2.75) is 19.3 Å². The molecule has 0 aliphatic heterocycles. The van der Waals surface area contributed by atoms with Gasteiger partial charge >= 0.3 is 12.3 Å². The highest BCUT2D eigenvalue weighted by molar-refractivity contribution is 7.99. The molecule has 0 aromatic carbocycles. The summed E-state index contributed by atoms with van der Waals surface area (Å²) >= 11 is 1.11. The van der Waals surface area contributed by atoms with Crippen molar-refractivity contribution >= 4 is 17.7 Å². The van der Waals surface area contributed by atoms with Gasteiger partial charge < -0.3 is 10.5 Å². The maximum absolute atomic E-state index is 11.5. The van der Waals surface area contributed by atoms with Crippen LogP contribution < -0.4 is 5.73 Å². The minimum atomic E-state index is -4.61. The molecule has 0 saturated heterocycles. The Hall–Kier alpha value is -0.470. The Morgan fingerprint density at radius 3 is 2.62 bits per heavy atom. The summed E-state index contributed by atoms with van der Waals surface area (Å²) in [6, 6.07) is -0.809. The summed E-state index contributed by atoms with van der Waals surface area (Å²) in [5.41, 5.74) is 5.41. The second kappa shape index (κ2) is 7.75. The lowest BCUT2D eigenvalue weighted by molar-refractivity contribution is -0.322. The van der Waals surface area contributed by atoms with Crippen LogP contribution in [0.5, 0.6) is 0 Å². The molecule has 1 unspecified atom stereocenters. The predicted octanol–water partition coefficient (Wildman–Crippen LogP) is 1.15. The zero-order valence-corrected chi connectivity index (χ0v) is 9.57. The fourth-order valence-electron chi connectivity index (χ4n) is 0.744. The van der Waals surface area contributed by atoms with Crippen LogP contribution in [0.1, 0.15) is 6.92 Å². The van der Waals surface area contributed by atoms with Gasteiger partial charge in [-0.15, -0.1) is 13.2 Å². The van der Waals surface area contributed by atoms with Gasteiger partial charge in [0, 0.05) is 11.5 Å². The smallest absolute Gasteiger partial charge is 0.465 e. The molecule has 0 aliphatic carbocycles. The topological polar surface area (TPSA) is 61.5 Å². The second-order valence-corrected chi connectivity index (χ2v) is 3.88. The van der Waals surface area contributed by atoms with Crippen LogP contribution in [0.2, 0.25) is 0 Å². The van der Waals surface area contributed by atoms with Crippen molar-refractivity contribution in [1.29, 1.82) is 0 Å². The Bertz CT molecular complexity index is 213. The maximum Gasteiger partial charge on any atom is 0.522 e. The van der Waals surface area contributed by atoms with Gasteiger partial charge in [-0.25, -0.2) is 0 Å². The van der Waals surface area contributed by atoms with Crippen LogP contribution in [0.3, 0.4) is 0 Å². The molecule has 0 aromatic rings. The van der Waals surface area contributed by atoms with E-state index in [1.54, 1.807) is 6.92 Å². The molecule has 0 bridgehead atoms. The van der Waals surface area contributed by atoms with Gasteiger partial charge in [0.05, 0.1) is 13.2 Å². The zero-order valence-electron chi connectivity index (χ0n) is 8.75. The Kier molecular flexibility index (Phi) is 7.52. The summed E-state index contributed by atoms with van der Waals surface area (Å²) in [5.74, 6) is -0.223. The third-order valence-electron chi connectivity index (χ3n) is 1.38. The number of carbonyl (C=O) groups is 1. The zero-order chi connectivity index (χ0) is 12.6. The molecule has 0 radical (unpaired) electrons. The molecule has 0 aliphatic rings. The van der Waals surface area contributed by atoms with Crippen LogP contribution >= 0.6 is 11.8 Å². The van der Waals surface area contributed by atoms with Gasteiger partial charge in [0.15, 0.2) is 0 Å². The summed E-state index contributed by atoms with van der Waals surface area (Å²) in [6.07, 6.45) is -4.61. The van der Waals surface area contributed by atoms with E-state index in [4.69, 9.17) is 5.73 Å². The molecular formula is C8H14F3NO3S. The van der Waals surface area contributed by atoms with Gasteiger partial charge in [-0.1, -0.05) is 0 Å². The molecule has 4 nitrogen and oxygen atoms in total. The fraction of sp³-hybridized carbons (Fsp3) is 0.875. The molecule has 16 heavy (non-hydrogen) atoms. The molecule has 8 heteroatoms. The van der Waals surface area contributed by atoms with Crippen LogP contribution in [-0.4, -0.2) is 43.1 Å². The Balaban J connectivity index is 3.48. The Labute approximate surface area is 95.6 Å². The van der Waals surface area contributed by atoms with Gasteiger partial charge in [-0.3, -0.25) is 9.53 Å². The molecule has 0 amide bonds. The Morgan fingerprint density at radius 1 is 1.50 bits per heavy atom. The lowest BCUT2D eigenvalue weighted by Gasteiger charge is -2.10. The van der Waals surface area contributed by atoms with Crippen LogP contribution in [-0.2, 0) is 14.3 Å². The van der Waals surface area contributed by atoms with E-state index >= 15 is 0 Å². The third-order valence-corrected chi connectivity index (χ3v) is 2.43. The summed E-state index contributed by atoms with van der Waals surface area (Å²) < 4.78 is 42.8. The van der Waals surface area contributed by atoms with Gasteiger partial charge in [0.1, 0.15) is 6.04 Å². The average molecular weight is 261 g/mol. The lowest BCUT2D eigenvalue weighted by atomic mass is 10.4. The first-order valence-electron chi connectivity index (χ1n) is 4.57. The van der Waals surface area contributed by atoms with Gasteiger partial charge in [-0.05, 0) is 6.92 Å². The third kappa shape index (κ3) is 8.81. The summed E-state index contributed by atoms with van der Waals surface area (Å²) in [7, 11) is 0. The molecule has 0 heterocycles. The van der Waals surface area contributed by atoms with Crippen LogP contribution in [0, 0.1) is 0 Å². The highest BCUT2D eigenvalue weighted by Gasteiger charge is 2.28. The number of esters is 1. The molecule has 1 atom stereocenters. The van der Waals surface area contributed by atoms with Crippen LogP contribution in [0.4, 0.5) is 13.2 Å². The first kappa shape index (κ1) is 15.5. The minimum Gasteiger partial charge on any atom is -0.465 e. The van der Waals surface area contributed by atoms with E-state index in [1.807, 2.05) is 0 Å². The van der Waals surface area contributed by atoms with Gasteiger partial charge in [0.25, 0.3) is 0 Å². The molecule has 0 spiro atoms. The minimum absolute atomic E-state index is 0.118. The maximum atomic E-state index is 11.5. The summed E-state index contributed by atoms with van der Waals surface area (Å²) in [4.78, 5) is 11.0. The van der Waals surface area contributed by atoms with Crippen LogP contribution in [0.25, 0.3) is 0 Å². The summed E-state index contributed by atoms with van der Waals surface area (Å²) in [6.45, 7) is 1.42. The van der Waals surface area contributed by atoms with Crippen molar-refractivity contribution in [2.75, 3.05) is 24.7 Å². The van der Waals surface area contributed by atoms with Crippen molar-refractivity contribution in [2.24, 2.45) is 5.73 Å². The van der Waals surface area contributed by atoms with E-state index in [1.165, 1.54) is 0 Å². The lowest BCUT2D eigenvalue weighted by Crippen LogP contribution is -2.34. The largest absolute Gasteiger partial charge is 0.522 e. The number of thioether (sulfide) groups is 1. The molecule has 0 saturated carbocycles. The molecule has 96 valence electrons. The second-order valence-electron chi connectivity index (χ2n) is 2.73. The molecule has 2 N–H and O–H groups in total. The number of nitrogens with two attached hydrogens (primary N) is 1. The first-order valence-corrected chi connectivity index (χ1v) is 5.73. The standard InChI is InChI=1S/C8H14F3NO3S/c1-2-14-7(13)6(12)5-16-4-3-15-8(9,10)11/h6H,2-5,12H2,1H3. The predicted molar refractivity (Wildman–Crippen MR) is 53.9 cm³/mol. The average Bonchev–Trinajstić information content (AvgIpc) is 2.15. The van der Waals surface area contributed by atoms with E-state index in [0.717, 1.165) is 11.8 Å². The number of rotatable bonds is 7. The molecule has 0 rings (SSSR count). The van der Waals surface area contributed by atoms with Crippen molar-refractivity contribution in [1.82, 2.24) is 0 Å². The number of alkyl halides is 3. The van der Waals surface area contributed by atoms with E-state index in [-0.39, 0.29) is 18.1 Å². The van der Waals surface area contributed by atoms with E-state index in [9.17, 15) is 18.0 Å². The Morgan fingerprint density at radius 2 is 2.12 bits per heavy atom. The van der Waals surface area contributed by atoms with Crippen molar-refractivity contribution < 1.29 is 27.4 Å². The van der Waals surface area contributed by atoms with Gasteiger partial charge in [0.2, 0.25) is 0 Å². The van der Waals surface area contributed by atoms with E-state index in [0.29, 0.717) is 0 Å².